The monoisotopic (exact) mass is 718 g/mol. The maximum atomic E-state index is 14.9. The summed E-state index contributed by atoms with van der Waals surface area (Å²) in [7, 11) is 0. The highest BCUT2D eigenvalue weighted by Crippen LogP contribution is 2.44. The average molecular weight is 719 g/mol. The first-order chi connectivity index (χ1) is 22.8. The van der Waals surface area contributed by atoms with Crippen LogP contribution in [0.15, 0.2) is 36.4 Å². The molecule has 3 aromatic carbocycles. The summed E-state index contributed by atoms with van der Waals surface area (Å²) in [5.41, 5.74) is -6.88. The minimum absolute atomic E-state index is 0.0227. The Hall–Kier alpha value is -3.65. The van der Waals surface area contributed by atoms with E-state index in [2.05, 4.69) is 16.4 Å². The van der Waals surface area contributed by atoms with Crippen LogP contribution in [0, 0.1) is 46.7 Å². The van der Waals surface area contributed by atoms with Crippen molar-refractivity contribution < 1.29 is 66.5 Å². The van der Waals surface area contributed by atoms with Gasteiger partial charge in [0.15, 0.2) is 0 Å². The fourth-order valence-corrected chi connectivity index (χ4v) is 6.02. The van der Waals surface area contributed by atoms with E-state index in [0.29, 0.717) is 12.8 Å². The molecule has 0 spiro atoms. The summed E-state index contributed by atoms with van der Waals surface area (Å²) in [5, 5.41) is 0. The third-order valence-electron chi connectivity index (χ3n) is 8.47. The molecule has 0 aromatic heterocycles. The van der Waals surface area contributed by atoms with Crippen molar-refractivity contribution in [2.45, 2.75) is 89.5 Å². The van der Waals surface area contributed by atoms with Gasteiger partial charge in [-0.15, -0.1) is 0 Å². The van der Waals surface area contributed by atoms with Gasteiger partial charge in [0, 0.05) is 24.3 Å². The van der Waals surface area contributed by atoms with E-state index in [1.165, 1.54) is 0 Å². The van der Waals surface area contributed by atoms with Crippen LogP contribution in [0.25, 0.3) is 11.1 Å². The fourth-order valence-electron chi connectivity index (χ4n) is 6.02. The number of hydrogen-bond donors (Lipinski definition) is 0. The molecule has 15 heteroatoms. The predicted octanol–water partition coefficient (Wildman–Crippen LogP) is 12.5. The molecular weight excluding hydrogens is 687 g/mol. The molecule has 3 aromatic rings. The van der Waals surface area contributed by atoms with Crippen molar-refractivity contribution >= 4 is 0 Å². The molecule has 0 saturated heterocycles. The smallest absolute Gasteiger partial charge is 0.432 e. The average Bonchev–Trinajstić information content (AvgIpc) is 2.95. The van der Waals surface area contributed by atoms with E-state index in [0.717, 1.165) is 38.5 Å². The lowest BCUT2D eigenvalue weighted by Gasteiger charge is -2.33. The molecule has 1 aliphatic carbocycles. The minimum Gasteiger partial charge on any atom is -0.432 e. The van der Waals surface area contributed by atoms with Gasteiger partial charge >= 0.3 is 18.4 Å². The number of hydrogen-bond acceptors (Lipinski definition) is 2. The molecule has 0 N–H and O–H groups in total. The first kappa shape index (κ1) is 38.2. The molecule has 49 heavy (non-hydrogen) atoms. The van der Waals surface area contributed by atoms with E-state index >= 15 is 0 Å². The third kappa shape index (κ3) is 9.13. The van der Waals surface area contributed by atoms with Crippen LogP contribution in [0.3, 0.4) is 0 Å². The van der Waals surface area contributed by atoms with Crippen molar-refractivity contribution in [3.63, 3.8) is 0 Å². The molecule has 270 valence electrons. The van der Waals surface area contributed by atoms with Crippen LogP contribution in [0.5, 0.6) is 11.5 Å². The van der Waals surface area contributed by atoms with Gasteiger partial charge in [-0.1, -0.05) is 45.4 Å². The molecule has 0 bridgehead atoms. The third-order valence-corrected chi connectivity index (χ3v) is 8.47. The van der Waals surface area contributed by atoms with Crippen LogP contribution >= 0.6 is 0 Å². The zero-order valence-electron chi connectivity index (χ0n) is 25.9. The molecular formula is C34H31F13O2. The van der Waals surface area contributed by atoms with Gasteiger partial charge in [-0.25, -0.2) is 26.3 Å². The van der Waals surface area contributed by atoms with E-state index < -0.39 is 93.0 Å². The van der Waals surface area contributed by atoms with E-state index in [-0.39, 0.29) is 55.2 Å². The van der Waals surface area contributed by atoms with Crippen LogP contribution < -0.4 is 9.47 Å². The van der Waals surface area contributed by atoms with Crippen molar-refractivity contribution in [2.75, 3.05) is 0 Å². The van der Waals surface area contributed by atoms with E-state index in [1.807, 2.05) is 0 Å². The molecule has 0 atom stereocenters. The molecule has 1 saturated carbocycles. The number of alkyl halides is 7. The Morgan fingerprint density at radius 2 is 1.04 bits per heavy atom. The van der Waals surface area contributed by atoms with E-state index in [4.69, 9.17) is 0 Å². The Morgan fingerprint density at radius 3 is 1.55 bits per heavy atom. The molecule has 0 amide bonds. The Balaban J connectivity index is 1.46. The molecule has 0 unspecified atom stereocenters. The number of rotatable bonds is 13. The molecule has 2 nitrogen and oxygen atoms in total. The second kappa shape index (κ2) is 15.1. The molecule has 1 fully saturated rings. The van der Waals surface area contributed by atoms with Gasteiger partial charge in [-0.2, -0.15) is 30.7 Å². The zero-order chi connectivity index (χ0) is 36.3. The highest BCUT2D eigenvalue weighted by molar-refractivity contribution is 5.66. The normalized spacial score (nSPS) is 17.3. The van der Waals surface area contributed by atoms with E-state index in [1.54, 1.807) is 0 Å². The van der Waals surface area contributed by atoms with Crippen molar-refractivity contribution in [3.8, 4) is 22.6 Å². The summed E-state index contributed by atoms with van der Waals surface area (Å²) in [4.78, 5) is 0. The van der Waals surface area contributed by atoms with Crippen molar-refractivity contribution in [3.05, 3.63) is 82.4 Å². The van der Waals surface area contributed by atoms with Crippen molar-refractivity contribution in [2.24, 2.45) is 11.8 Å². The maximum Gasteiger partial charge on any atom is 0.432 e. The fraction of sp³-hybridized carbons (Fsp3) is 0.471. The largest absolute Gasteiger partial charge is 0.432 e. The lowest BCUT2D eigenvalue weighted by Crippen LogP contribution is -2.37. The Labute approximate surface area is 273 Å². The number of halogens is 13. The number of benzene rings is 3. The van der Waals surface area contributed by atoms with Gasteiger partial charge in [0.05, 0.1) is 11.5 Å². The Bertz CT molecular complexity index is 1540. The first-order valence-corrected chi connectivity index (χ1v) is 15.5. The second-order valence-corrected chi connectivity index (χ2v) is 12.0. The van der Waals surface area contributed by atoms with Crippen LogP contribution in [0.1, 0.15) is 82.3 Å². The Kier molecular flexibility index (Phi) is 11.7. The second-order valence-electron chi connectivity index (χ2n) is 12.0. The molecule has 0 heterocycles. The first-order valence-electron chi connectivity index (χ1n) is 15.5. The predicted molar refractivity (Wildman–Crippen MR) is 152 cm³/mol. The summed E-state index contributed by atoms with van der Waals surface area (Å²) >= 11 is 0. The van der Waals surface area contributed by atoms with Crippen molar-refractivity contribution in [1.29, 1.82) is 0 Å². The topological polar surface area (TPSA) is 18.5 Å². The van der Waals surface area contributed by atoms with Crippen LogP contribution in [0.2, 0.25) is 0 Å². The Morgan fingerprint density at radius 1 is 0.571 bits per heavy atom. The molecule has 0 aliphatic heterocycles. The van der Waals surface area contributed by atoms with E-state index in [9.17, 15) is 57.1 Å². The summed E-state index contributed by atoms with van der Waals surface area (Å²) in [5.74, 6) is -15.9. The summed E-state index contributed by atoms with van der Waals surface area (Å²) in [6.07, 6.45) is -6.96. The highest BCUT2D eigenvalue weighted by Gasteiger charge is 2.46. The molecule has 0 radical (unpaired) electrons. The van der Waals surface area contributed by atoms with Crippen molar-refractivity contribution in [1.82, 2.24) is 0 Å². The maximum absolute atomic E-state index is 14.9. The van der Waals surface area contributed by atoms with Crippen LogP contribution in [-0.4, -0.2) is 6.11 Å². The van der Waals surface area contributed by atoms with Gasteiger partial charge < -0.3 is 9.47 Å². The minimum atomic E-state index is -5.49. The lowest BCUT2D eigenvalue weighted by molar-refractivity contribution is -0.223. The van der Waals surface area contributed by atoms with Gasteiger partial charge in [0.1, 0.15) is 57.5 Å². The quantitative estimate of drug-likeness (QED) is 0.129. The zero-order valence-corrected chi connectivity index (χ0v) is 25.9. The van der Waals surface area contributed by atoms with Gasteiger partial charge in [0.2, 0.25) is 0 Å². The molecule has 1 aliphatic rings. The SMILES string of the molecule is CCCCCCCC1CCC(C(F)(F)Oc2cc(F)c(C(F)(F)Oc3cc(F)c(-c4cc(F)c(C(F)(F)F)c(F)c4)c(F)c3)c(F)c2)CC1. The van der Waals surface area contributed by atoms with Gasteiger partial charge in [-0.3, -0.25) is 0 Å². The summed E-state index contributed by atoms with van der Waals surface area (Å²) in [6.45, 7) is 2.09. The van der Waals surface area contributed by atoms with Gasteiger partial charge in [-0.05, 0) is 49.3 Å². The highest BCUT2D eigenvalue weighted by atomic mass is 19.4. The van der Waals surface area contributed by atoms with Gasteiger partial charge in [0.25, 0.3) is 0 Å². The number of unbranched alkanes of at least 4 members (excludes halogenated alkanes) is 4. The summed E-state index contributed by atoms with van der Waals surface area (Å²) < 4.78 is 194. The standard InChI is InChI=1S/C34H31F13O2/c1-2-3-4-5-6-7-18-8-10-20(11-9-18)33(44,45)48-22-16-27(39)31(28(40)17-22)34(46,47)49-21-14-23(35)29(24(36)15-21)19-12-25(37)30(26(38)13-19)32(41,42)43/h12-18,20H,2-11H2,1H3. The number of ether oxygens (including phenoxy) is 2. The lowest BCUT2D eigenvalue weighted by atomic mass is 9.79. The van der Waals surface area contributed by atoms with Crippen LogP contribution in [0.4, 0.5) is 57.1 Å². The molecule has 4 rings (SSSR count). The summed E-state index contributed by atoms with van der Waals surface area (Å²) in [6, 6.07) is 0.112. The van der Waals surface area contributed by atoms with Crippen LogP contribution in [-0.2, 0) is 12.3 Å².